The van der Waals surface area contributed by atoms with Gasteiger partial charge in [-0.15, -0.1) is 0 Å². The quantitative estimate of drug-likeness (QED) is 0.0716. The molecule has 1 atom stereocenters. The van der Waals surface area contributed by atoms with Crippen LogP contribution in [0.1, 0.15) is 132 Å². The molecule has 3 aromatic carbocycles. The number of nitrogens with one attached hydrogen (secondary N) is 3. The summed E-state index contributed by atoms with van der Waals surface area (Å²) >= 11 is 0. The van der Waals surface area contributed by atoms with E-state index in [1.54, 1.807) is 19.2 Å². The molecular formula is C39H51N3O6. The Labute approximate surface area is 284 Å². The monoisotopic (exact) mass is 657 g/mol. The minimum Gasteiger partial charge on any atom is -0.478 e. The number of unbranched alkanes of at least 4 members (excludes halogenated alkanes) is 2. The van der Waals surface area contributed by atoms with Crippen LogP contribution in [0.15, 0.2) is 48.5 Å². The molecule has 1 unspecified atom stereocenters. The van der Waals surface area contributed by atoms with Gasteiger partial charge in [0.15, 0.2) is 5.78 Å². The second-order valence-electron chi connectivity index (χ2n) is 13.3. The second kappa shape index (κ2) is 16.1. The van der Waals surface area contributed by atoms with Crippen LogP contribution in [0.3, 0.4) is 0 Å². The van der Waals surface area contributed by atoms with Gasteiger partial charge < -0.3 is 26.2 Å². The Balaban J connectivity index is 1.95. The maximum Gasteiger partial charge on any atom is 0.336 e. The fourth-order valence-electron chi connectivity index (χ4n) is 6.44. The van der Waals surface area contributed by atoms with Crippen molar-refractivity contribution in [2.24, 2.45) is 0 Å². The number of carbonyl (C=O) groups is 4. The van der Waals surface area contributed by atoms with Crippen molar-refractivity contribution in [2.45, 2.75) is 104 Å². The van der Waals surface area contributed by atoms with E-state index in [1.165, 1.54) is 19.3 Å². The summed E-state index contributed by atoms with van der Waals surface area (Å²) < 4.78 is 0. The van der Waals surface area contributed by atoms with Crippen LogP contribution >= 0.6 is 0 Å². The maximum atomic E-state index is 13.8. The molecule has 0 saturated carbocycles. The first-order valence-electron chi connectivity index (χ1n) is 16.8. The number of likely N-dealkylation sites (N-methyl/N-ethyl adjacent to an activating group) is 1. The number of carbonyl (C=O) groups excluding carboxylic acids is 2. The van der Waals surface area contributed by atoms with Crippen molar-refractivity contribution in [3.8, 4) is 11.1 Å². The number of carboxylic acid groups (broad SMARTS) is 2. The van der Waals surface area contributed by atoms with Gasteiger partial charge >= 0.3 is 11.9 Å². The SMILES string of the molecule is CCCCCC(C)(C)Nc1ccc(-c2ccc(NC(=O)c3cc(C(=O)C(CC)(CCC)NC)c(C(=O)O)cc3C(=O)O)cc2C)c(C)c1. The lowest BCUT2D eigenvalue weighted by molar-refractivity contribution is 0.0684. The lowest BCUT2D eigenvalue weighted by Gasteiger charge is -2.31. The molecule has 0 saturated heterocycles. The Hall–Kier alpha value is -4.50. The van der Waals surface area contributed by atoms with E-state index in [-0.39, 0.29) is 16.7 Å². The van der Waals surface area contributed by atoms with Gasteiger partial charge in [-0.25, -0.2) is 9.59 Å². The van der Waals surface area contributed by atoms with Gasteiger partial charge in [0.1, 0.15) is 0 Å². The molecule has 0 aliphatic rings. The van der Waals surface area contributed by atoms with Crippen molar-refractivity contribution in [3.63, 3.8) is 0 Å². The molecule has 0 spiro atoms. The zero-order valence-electron chi connectivity index (χ0n) is 29.6. The molecule has 9 nitrogen and oxygen atoms in total. The molecule has 0 aromatic heterocycles. The molecule has 0 aliphatic carbocycles. The number of aromatic carboxylic acids is 2. The van der Waals surface area contributed by atoms with Gasteiger partial charge in [-0.2, -0.15) is 0 Å². The van der Waals surface area contributed by atoms with Crippen LogP contribution in [0.2, 0.25) is 0 Å². The number of aryl methyl sites for hydroxylation is 2. The highest BCUT2D eigenvalue weighted by atomic mass is 16.4. The molecule has 0 radical (unpaired) electrons. The second-order valence-corrected chi connectivity index (χ2v) is 13.3. The van der Waals surface area contributed by atoms with Crippen molar-refractivity contribution < 1.29 is 29.4 Å². The molecular weight excluding hydrogens is 606 g/mol. The molecule has 9 heteroatoms. The van der Waals surface area contributed by atoms with Gasteiger partial charge in [0.05, 0.1) is 22.2 Å². The number of Topliss-reactive ketones (excluding diaryl/α,β-unsaturated/α-hetero) is 1. The average molecular weight is 658 g/mol. The lowest BCUT2D eigenvalue weighted by atomic mass is 9.80. The van der Waals surface area contributed by atoms with Crippen LogP contribution in [-0.2, 0) is 0 Å². The third-order valence-electron chi connectivity index (χ3n) is 9.19. The minimum absolute atomic E-state index is 0.0249. The van der Waals surface area contributed by atoms with E-state index in [0.717, 1.165) is 46.5 Å². The normalized spacial score (nSPS) is 12.7. The number of ketones is 1. The van der Waals surface area contributed by atoms with Crippen molar-refractivity contribution >= 4 is 35.0 Å². The van der Waals surface area contributed by atoms with E-state index in [9.17, 15) is 29.4 Å². The van der Waals surface area contributed by atoms with Crippen LogP contribution in [0.5, 0.6) is 0 Å². The summed E-state index contributed by atoms with van der Waals surface area (Å²) in [6.45, 7) is 14.4. The van der Waals surface area contributed by atoms with Crippen LogP contribution in [-0.4, -0.2) is 52.0 Å². The Bertz CT molecular complexity index is 1670. The summed E-state index contributed by atoms with van der Waals surface area (Å²) in [6, 6.07) is 13.8. The first kappa shape index (κ1) is 38.0. The molecule has 3 aromatic rings. The highest BCUT2D eigenvalue weighted by Crippen LogP contribution is 2.33. The molecule has 5 N–H and O–H groups in total. The zero-order chi connectivity index (χ0) is 35.8. The number of anilines is 2. The van der Waals surface area contributed by atoms with Gasteiger partial charge in [-0.1, -0.05) is 58.6 Å². The molecule has 1 amide bonds. The number of carboxylic acids is 2. The maximum absolute atomic E-state index is 13.8. The largest absolute Gasteiger partial charge is 0.478 e. The highest BCUT2D eigenvalue weighted by molar-refractivity contribution is 6.16. The fraction of sp³-hybridized carbons (Fsp3) is 0.436. The summed E-state index contributed by atoms with van der Waals surface area (Å²) in [4.78, 5) is 51.9. The van der Waals surface area contributed by atoms with E-state index in [0.29, 0.717) is 24.9 Å². The number of rotatable bonds is 17. The first-order chi connectivity index (χ1) is 22.6. The van der Waals surface area contributed by atoms with E-state index in [4.69, 9.17) is 0 Å². The molecule has 0 heterocycles. The van der Waals surface area contributed by atoms with E-state index < -0.39 is 40.3 Å². The summed E-state index contributed by atoms with van der Waals surface area (Å²) in [5.41, 5.74) is 2.95. The number of hydrogen-bond donors (Lipinski definition) is 5. The van der Waals surface area contributed by atoms with Gasteiger partial charge in [0.25, 0.3) is 5.91 Å². The summed E-state index contributed by atoms with van der Waals surface area (Å²) in [5.74, 6) is -4.20. The summed E-state index contributed by atoms with van der Waals surface area (Å²) in [6.07, 6.45) is 6.11. The Morgan fingerprint density at radius 3 is 1.73 bits per heavy atom. The number of hydrogen-bond acceptors (Lipinski definition) is 6. The van der Waals surface area contributed by atoms with E-state index >= 15 is 0 Å². The Morgan fingerprint density at radius 2 is 1.23 bits per heavy atom. The third kappa shape index (κ3) is 8.69. The fourth-order valence-corrected chi connectivity index (χ4v) is 6.44. The predicted octanol–water partition coefficient (Wildman–Crippen LogP) is 8.74. The van der Waals surface area contributed by atoms with Gasteiger partial charge in [-0.3, -0.25) is 9.59 Å². The number of amides is 1. The van der Waals surface area contributed by atoms with Gasteiger partial charge in [-0.05, 0) is 113 Å². The van der Waals surface area contributed by atoms with Crippen molar-refractivity contribution in [1.82, 2.24) is 5.32 Å². The van der Waals surface area contributed by atoms with Crippen molar-refractivity contribution in [3.05, 3.63) is 81.9 Å². The van der Waals surface area contributed by atoms with E-state index in [2.05, 4.69) is 61.8 Å². The van der Waals surface area contributed by atoms with Crippen LogP contribution in [0.4, 0.5) is 11.4 Å². The lowest BCUT2D eigenvalue weighted by Crippen LogP contribution is -2.50. The zero-order valence-corrected chi connectivity index (χ0v) is 29.6. The van der Waals surface area contributed by atoms with Crippen molar-refractivity contribution in [2.75, 3.05) is 17.7 Å². The van der Waals surface area contributed by atoms with Crippen LogP contribution < -0.4 is 16.0 Å². The highest BCUT2D eigenvalue weighted by Gasteiger charge is 2.38. The molecule has 48 heavy (non-hydrogen) atoms. The van der Waals surface area contributed by atoms with Gasteiger partial charge in [0, 0.05) is 22.5 Å². The molecule has 0 bridgehead atoms. The standard InChI is InChI=1S/C39H51N3O6/c1-9-12-13-19-38(6,7)42-27-15-17-29(25(5)21-27)28-16-14-26(20-24(28)4)41-35(44)31-22-30(32(36(45)46)23-33(31)37(47)48)34(43)39(11-3,40-8)18-10-2/h14-17,20-23,40,42H,9-13,18-19H2,1-8H3,(H,41,44)(H,45,46)(H,47,48). The topological polar surface area (TPSA) is 145 Å². The van der Waals surface area contributed by atoms with Crippen LogP contribution in [0.25, 0.3) is 11.1 Å². The predicted molar refractivity (Wildman–Crippen MR) is 193 cm³/mol. The van der Waals surface area contributed by atoms with Gasteiger partial charge in [0.2, 0.25) is 0 Å². The third-order valence-corrected chi connectivity index (χ3v) is 9.19. The molecule has 0 aliphatic heterocycles. The van der Waals surface area contributed by atoms with Crippen LogP contribution in [0, 0.1) is 13.8 Å². The molecule has 258 valence electrons. The Morgan fingerprint density at radius 1 is 0.688 bits per heavy atom. The van der Waals surface area contributed by atoms with E-state index in [1.807, 2.05) is 26.8 Å². The molecule has 0 fully saturated rings. The Kier molecular flexibility index (Phi) is 12.7. The molecule has 3 rings (SSSR count). The number of benzene rings is 3. The average Bonchev–Trinajstić information content (AvgIpc) is 3.03. The first-order valence-corrected chi connectivity index (χ1v) is 16.8. The minimum atomic E-state index is -1.48. The summed E-state index contributed by atoms with van der Waals surface area (Å²) in [7, 11) is 1.63. The smallest absolute Gasteiger partial charge is 0.336 e. The van der Waals surface area contributed by atoms with Crippen molar-refractivity contribution in [1.29, 1.82) is 0 Å². The summed E-state index contributed by atoms with van der Waals surface area (Å²) in [5, 5.41) is 29.3.